The molecular formula is C15H11Cl2IN2O3. The standard InChI is InChI=1S/C15H11Cl2IN2O3/c16-10-1-3-13(21)9(5-10)7-19-20-15(22)8-23-14-4-2-11(17)6-12(14)18/h1-7,21H,8H2,(H,20,22)/b19-7-. The van der Waals surface area contributed by atoms with Crippen molar-refractivity contribution >= 4 is 57.9 Å². The van der Waals surface area contributed by atoms with E-state index in [0.717, 1.165) is 3.57 Å². The van der Waals surface area contributed by atoms with Gasteiger partial charge in [0, 0.05) is 15.6 Å². The normalized spacial score (nSPS) is 10.7. The molecule has 23 heavy (non-hydrogen) atoms. The molecule has 2 N–H and O–H groups in total. The van der Waals surface area contributed by atoms with Crippen LogP contribution < -0.4 is 10.2 Å². The Morgan fingerprint density at radius 1 is 1.26 bits per heavy atom. The van der Waals surface area contributed by atoms with Gasteiger partial charge in [0.05, 0.1) is 9.78 Å². The molecule has 0 fully saturated rings. The molecule has 0 radical (unpaired) electrons. The Kier molecular flexibility index (Phi) is 6.49. The predicted molar refractivity (Wildman–Crippen MR) is 98.5 cm³/mol. The van der Waals surface area contributed by atoms with E-state index in [-0.39, 0.29) is 12.4 Å². The number of hydrazone groups is 1. The van der Waals surface area contributed by atoms with Crippen LogP contribution in [-0.4, -0.2) is 23.8 Å². The number of rotatable bonds is 5. The highest BCUT2D eigenvalue weighted by molar-refractivity contribution is 14.1. The van der Waals surface area contributed by atoms with Gasteiger partial charge < -0.3 is 9.84 Å². The molecule has 1 amide bonds. The molecule has 0 aliphatic rings. The summed E-state index contributed by atoms with van der Waals surface area (Å²) in [6.45, 7) is -0.198. The Morgan fingerprint density at radius 3 is 2.70 bits per heavy atom. The van der Waals surface area contributed by atoms with Crippen LogP contribution in [0, 0.1) is 3.57 Å². The number of aromatic hydroxyl groups is 1. The molecule has 2 aromatic carbocycles. The molecule has 0 unspecified atom stereocenters. The van der Waals surface area contributed by atoms with Gasteiger partial charge in [-0.25, -0.2) is 5.43 Å². The monoisotopic (exact) mass is 464 g/mol. The molecule has 0 saturated carbocycles. The number of halogens is 3. The Bertz CT molecular complexity index is 753. The Hall–Kier alpha value is -1.51. The summed E-state index contributed by atoms with van der Waals surface area (Å²) in [5, 5.41) is 14.4. The number of hydrogen-bond donors (Lipinski definition) is 2. The number of carbonyl (C=O) groups is 1. The number of nitrogens with one attached hydrogen (secondary N) is 1. The zero-order valence-electron chi connectivity index (χ0n) is 11.6. The second kappa shape index (κ2) is 8.37. The van der Waals surface area contributed by atoms with E-state index in [1.165, 1.54) is 18.3 Å². The van der Waals surface area contributed by atoms with Gasteiger partial charge in [-0.3, -0.25) is 4.79 Å². The maximum atomic E-state index is 11.7. The lowest BCUT2D eigenvalue weighted by molar-refractivity contribution is -0.123. The number of phenolic OH excluding ortho intramolecular Hbond substituents is 1. The number of nitrogens with zero attached hydrogens (tertiary/aromatic N) is 1. The quantitative estimate of drug-likeness (QED) is 0.401. The average molecular weight is 465 g/mol. The number of carbonyl (C=O) groups excluding carboxylic acids is 1. The average Bonchev–Trinajstić information content (AvgIpc) is 2.50. The molecule has 120 valence electrons. The van der Waals surface area contributed by atoms with Gasteiger partial charge in [0.1, 0.15) is 11.5 Å². The summed E-state index contributed by atoms with van der Waals surface area (Å²) < 4.78 is 6.18. The fraction of sp³-hybridized carbons (Fsp3) is 0.0667. The van der Waals surface area contributed by atoms with Gasteiger partial charge in [0.2, 0.25) is 0 Å². The molecule has 2 rings (SSSR count). The zero-order chi connectivity index (χ0) is 16.8. The number of amides is 1. The smallest absolute Gasteiger partial charge is 0.277 e. The Morgan fingerprint density at radius 2 is 1.96 bits per heavy atom. The SMILES string of the molecule is O=C(COc1ccc(Cl)cc1I)N/N=C\c1cc(Cl)ccc1O. The number of hydrogen-bond acceptors (Lipinski definition) is 4. The minimum atomic E-state index is -0.437. The first-order chi connectivity index (χ1) is 11.0. The van der Waals surface area contributed by atoms with Crippen molar-refractivity contribution in [3.63, 3.8) is 0 Å². The summed E-state index contributed by atoms with van der Waals surface area (Å²) in [5.41, 5.74) is 2.70. The van der Waals surface area contributed by atoms with Crippen LogP contribution >= 0.6 is 45.8 Å². The lowest BCUT2D eigenvalue weighted by atomic mass is 10.2. The first kappa shape index (κ1) is 17.8. The second-order valence-electron chi connectivity index (χ2n) is 4.36. The maximum absolute atomic E-state index is 11.7. The van der Waals surface area contributed by atoms with Crippen molar-refractivity contribution in [1.82, 2.24) is 5.43 Å². The van der Waals surface area contributed by atoms with Crippen molar-refractivity contribution in [3.8, 4) is 11.5 Å². The summed E-state index contributed by atoms with van der Waals surface area (Å²) >= 11 is 13.7. The van der Waals surface area contributed by atoms with Crippen LogP contribution in [0.15, 0.2) is 41.5 Å². The summed E-state index contributed by atoms with van der Waals surface area (Å²) in [4.78, 5) is 11.7. The van der Waals surface area contributed by atoms with Crippen molar-refractivity contribution in [3.05, 3.63) is 55.6 Å². The van der Waals surface area contributed by atoms with E-state index >= 15 is 0 Å². The Balaban J connectivity index is 1.87. The molecule has 8 heteroatoms. The lowest BCUT2D eigenvalue weighted by Crippen LogP contribution is -2.24. The molecule has 0 spiro atoms. The zero-order valence-corrected chi connectivity index (χ0v) is 15.3. The van der Waals surface area contributed by atoms with E-state index in [2.05, 4.69) is 33.1 Å². The molecule has 5 nitrogen and oxygen atoms in total. The van der Waals surface area contributed by atoms with Crippen LogP contribution in [0.1, 0.15) is 5.56 Å². The molecule has 0 aliphatic heterocycles. The third-order valence-corrected chi connectivity index (χ3v) is 3.95. The number of ether oxygens (including phenoxy) is 1. The van der Waals surface area contributed by atoms with Crippen molar-refractivity contribution in [1.29, 1.82) is 0 Å². The largest absolute Gasteiger partial charge is 0.507 e. The molecule has 0 aromatic heterocycles. The highest BCUT2D eigenvalue weighted by Gasteiger charge is 2.05. The van der Waals surface area contributed by atoms with Crippen LogP contribution in [0.2, 0.25) is 10.0 Å². The second-order valence-corrected chi connectivity index (χ2v) is 6.39. The topological polar surface area (TPSA) is 70.9 Å². The number of benzene rings is 2. The first-order valence-corrected chi connectivity index (χ1v) is 8.17. The van der Waals surface area contributed by atoms with Gasteiger partial charge in [-0.15, -0.1) is 0 Å². The molecule has 0 saturated heterocycles. The highest BCUT2D eigenvalue weighted by Crippen LogP contribution is 2.24. The van der Waals surface area contributed by atoms with Gasteiger partial charge in [-0.05, 0) is 59.0 Å². The summed E-state index contributed by atoms with van der Waals surface area (Å²) in [7, 11) is 0. The van der Waals surface area contributed by atoms with Gasteiger partial charge in [0.25, 0.3) is 5.91 Å². The predicted octanol–water partition coefficient (Wildman–Crippen LogP) is 3.83. The fourth-order valence-electron chi connectivity index (χ4n) is 1.57. The van der Waals surface area contributed by atoms with Crippen molar-refractivity contribution in [2.24, 2.45) is 5.10 Å². The van der Waals surface area contributed by atoms with Crippen LogP contribution in [0.5, 0.6) is 11.5 Å². The summed E-state index contributed by atoms with van der Waals surface area (Å²) in [6, 6.07) is 9.61. The van der Waals surface area contributed by atoms with Gasteiger partial charge in [-0.1, -0.05) is 23.2 Å². The summed E-state index contributed by atoms with van der Waals surface area (Å²) in [5.74, 6) is 0.134. The third-order valence-electron chi connectivity index (χ3n) is 2.64. The third kappa shape index (κ3) is 5.56. The molecular weight excluding hydrogens is 454 g/mol. The highest BCUT2D eigenvalue weighted by atomic mass is 127. The van der Waals surface area contributed by atoms with Gasteiger partial charge >= 0.3 is 0 Å². The van der Waals surface area contributed by atoms with Crippen molar-refractivity contribution in [2.75, 3.05) is 6.61 Å². The van der Waals surface area contributed by atoms with E-state index in [9.17, 15) is 9.90 Å². The first-order valence-electron chi connectivity index (χ1n) is 6.34. The Labute approximate surface area is 156 Å². The fourth-order valence-corrected chi connectivity index (χ4v) is 2.78. The van der Waals surface area contributed by atoms with Crippen LogP contribution in [0.3, 0.4) is 0 Å². The molecule has 0 aliphatic carbocycles. The van der Waals surface area contributed by atoms with Crippen molar-refractivity contribution < 1.29 is 14.6 Å². The van der Waals surface area contributed by atoms with E-state index < -0.39 is 5.91 Å². The van der Waals surface area contributed by atoms with E-state index in [1.807, 2.05) is 0 Å². The minimum Gasteiger partial charge on any atom is -0.507 e. The van der Waals surface area contributed by atoms with E-state index in [4.69, 9.17) is 27.9 Å². The van der Waals surface area contributed by atoms with E-state index in [1.54, 1.807) is 24.3 Å². The lowest BCUT2D eigenvalue weighted by Gasteiger charge is -2.07. The van der Waals surface area contributed by atoms with Gasteiger partial charge in [-0.2, -0.15) is 5.10 Å². The maximum Gasteiger partial charge on any atom is 0.277 e. The molecule has 0 atom stereocenters. The van der Waals surface area contributed by atoms with Gasteiger partial charge in [0.15, 0.2) is 6.61 Å². The number of phenols is 1. The van der Waals surface area contributed by atoms with Crippen LogP contribution in [0.25, 0.3) is 0 Å². The van der Waals surface area contributed by atoms with Crippen LogP contribution in [0.4, 0.5) is 0 Å². The molecule has 0 bridgehead atoms. The van der Waals surface area contributed by atoms with Crippen molar-refractivity contribution in [2.45, 2.75) is 0 Å². The molecule has 0 heterocycles. The van der Waals surface area contributed by atoms with E-state index in [0.29, 0.717) is 21.4 Å². The summed E-state index contributed by atoms with van der Waals surface area (Å²) in [6.07, 6.45) is 1.30. The minimum absolute atomic E-state index is 0.0133. The molecule has 2 aromatic rings. The van der Waals surface area contributed by atoms with Crippen LogP contribution in [-0.2, 0) is 4.79 Å².